The van der Waals surface area contributed by atoms with Gasteiger partial charge in [0.1, 0.15) is 5.92 Å². The summed E-state index contributed by atoms with van der Waals surface area (Å²) in [7, 11) is 7.78. The Balaban J connectivity index is 1.57. The fraction of sp³-hybridized carbons (Fsp3) is 0.276. The highest BCUT2D eigenvalue weighted by molar-refractivity contribution is 6.24. The summed E-state index contributed by atoms with van der Waals surface area (Å²) in [6, 6.07) is 25.1. The summed E-state index contributed by atoms with van der Waals surface area (Å²) in [6.45, 7) is 2.06. The van der Waals surface area contributed by atoms with Crippen LogP contribution in [0.1, 0.15) is 17.0 Å². The van der Waals surface area contributed by atoms with E-state index in [1.165, 1.54) is 0 Å². The standard InChI is InChI=1S/C29H33N5O2/c1-32(2)18-19-33(3)20-26(35)34(4)23-16-14-22(15-17-23)30-28(21-10-6-5-7-11-21)27-24-12-8-9-13-25(24)31-29(27)36/h5-17,27H,18-20H2,1-4H3,(H,31,36). The second-order valence-corrected chi connectivity index (χ2v) is 9.38. The third-order valence-electron chi connectivity index (χ3n) is 6.33. The van der Waals surface area contributed by atoms with Crippen LogP contribution >= 0.6 is 0 Å². The number of carbonyl (C=O) groups is 2. The van der Waals surface area contributed by atoms with E-state index in [-0.39, 0.29) is 11.8 Å². The van der Waals surface area contributed by atoms with Crippen molar-refractivity contribution >= 4 is 34.6 Å². The lowest BCUT2D eigenvalue weighted by molar-refractivity contribution is -0.119. The molecule has 1 N–H and O–H groups in total. The van der Waals surface area contributed by atoms with Gasteiger partial charge < -0.3 is 15.1 Å². The van der Waals surface area contributed by atoms with Gasteiger partial charge in [-0.1, -0.05) is 48.5 Å². The van der Waals surface area contributed by atoms with Gasteiger partial charge in [0.2, 0.25) is 11.8 Å². The second kappa shape index (κ2) is 11.3. The Morgan fingerprint density at radius 3 is 2.22 bits per heavy atom. The molecule has 3 aromatic carbocycles. The Kier molecular flexibility index (Phi) is 7.93. The molecular weight excluding hydrogens is 450 g/mol. The van der Waals surface area contributed by atoms with Gasteiger partial charge in [-0.2, -0.15) is 0 Å². The predicted molar refractivity (Wildman–Crippen MR) is 146 cm³/mol. The number of fused-ring (bicyclic) bond motifs is 1. The Morgan fingerprint density at radius 2 is 1.53 bits per heavy atom. The van der Waals surface area contributed by atoms with Crippen LogP contribution in [0.3, 0.4) is 0 Å². The smallest absolute Gasteiger partial charge is 0.240 e. The number of hydrogen-bond acceptors (Lipinski definition) is 5. The van der Waals surface area contributed by atoms with Crippen LogP contribution in [-0.2, 0) is 9.59 Å². The number of anilines is 2. The van der Waals surface area contributed by atoms with Crippen molar-refractivity contribution in [3.05, 3.63) is 90.0 Å². The van der Waals surface area contributed by atoms with Crippen LogP contribution in [-0.4, -0.2) is 75.2 Å². The molecule has 0 bridgehead atoms. The molecule has 4 rings (SSSR count). The van der Waals surface area contributed by atoms with Gasteiger partial charge in [-0.15, -0.1) is 0 Å². The lowest BCUT2D eigenvalue weighted by Gasteiger charge is -2.23. The van der Waals surface area contributed by atoms with Crippen LogP contribution in [0.15, 0.2) is 83.9 Å². The van der Waals surface area contributed by atoms with E-state index in [9.17, 15) is 9.59 Å². The molecule has 1 heterocycles. The van der Waals surface area contributed by atoms with Gasteiger partial charge in [-0.05, 0) is 62.6 Å². The summed E-state index contributed by atoms with van der Waals surface area (Å²) in [6.07, 6.45) is 0. The van der Waals surface area contributed by atoms with Crippen molar-refractivity contribution < 1.29 is 9.59 Å². The Labute approximate surface area is 213 Å². The SMILES string of the molecule is CN(C)CCN(C)CC(=O)N(C)c1ccc(N=C(c2ccccc2)C2C(=O)Nc3ccccc32)cc1. The maximum absolute atomic E-state index is 13.0. The van der Waals surface area contributed by atoms with Crippen LogP contribution < -0.4 is 10.2 Å². The van der Waals surface area contributed by atoms with Gasteiger partial charge in [0, 0.05) is 31.5 Å². The van der Waals surface area contributed by atoms with E-state index in [4.69, 9.17) is 4.99 Å². The summed E-state index contributed by atoms with van der Waals surface area (Å²) in [5.41, 5.74) is 4.85. The van der Waals surface area contributed by atoms with Crippen LogP contribution in [0.25, 0.3) is 0 Å². The Bertz CT molecular complexity index is 1240. The van der Waals surface area contributed by atoms with Crippen molar-refractivity contribution in [2.75, 3.05) is 58.0 Å². The van der Waals surface area contributed by atoms with E-state index in [0.717, 1.165) is 41.3 Å². The maximum atomic E-state index is 13.0. The molecule has 0 aliphatic carbocycles. The van der Waals surface area contributed by atoms with Gasteiger partial charge >= 0.3 is 0 Å². The molecule has 7 nitrogen and oxygen atoms in total. The van der Waals surface area contributed by atoms with Crippen LogP contribution in [0.2, 0.25) is 0 Å². The van der Waals surface area contributed by atoms with Gasteiger partial charge in [-0.25, -0.2) is 0 Å². The lowest BCUT2D eigenvalue weighted by Crippen LogP contribution is -2.39. The van der Waals surface area contributed by atoms with Crippen molar-refractivity contribution in [1.29, 1.82) is 0 Å². The monoisotopic (exact) mass is 483 g/mol. The topological polar surface area (TPSA) is 68.2 Å². The number of hydrogen-bond donors (Lipinski definition) is 1. The fourth-order valence-corrected chi connectivity index (χ4v) is 4.21. The Morgan fingerprint density at radius 1 is 0.861 bits per heavy atom. The summed E-state index contributed by atoms with van der Waals surface area (Å²) in [5, 5.41) is 2.98. The van der Waals surface area contributed by atoms with Crippen molar-refractivity contribution in [2.45, 2.75) is 5.92 Å². The molecule has 0 radical (unpaired) electrons. The molecule has 1 unspecified atom stereocenters. The van der Waals surface area contributed by atoms with E-state index in [1.54, 1.807) is 11.9 Å². The first kappa shape index (κ1) is 25.3. The minimum atomic E-state index is -0.495. The maximum Gasteiger partial charge on any atom is 0.240 e. The minimum absolute atomic E-state index is 0.0247. The van der Waals surface area contributed by atoms with Gasteiger partial charge in [0.25, 0.3) is 0 Å². The number of nitrogens with zero attached hydrogens (tertiary/aromatic N) is 4. The van der Waals surface area contributed by atoms with Crippen molar-refractivity contribution in [3.8, 4) is 0 Å². The molecule has 0 saturated carbocycles. The first-order chi connectivity index (χ1) is 17.3. The Hall–Kier alpha value is -3.81. The summed E-state index contributed by atoms with van der Waals surface area (Å²) < 4.78 is 0. The molecule has 0 spiro atoms. The average Bonchev–Trinajstić information content (AvgIpc) is 3.22. The summed E-state index contributed by atoms with van der Waals surface area (Å²) in [4.78, 5) is 36.5. The molecule has 1 aliphatic rings. The summed E-state index contributed by atoms with van der Waals surface area (Å²) >= 11 is 0. The highest BCUT2D eigenvalue weighted by atomic mass is 16.2. The van der Waals surface area contributed by atoms with E-state index in [2.05, 4.69) is 10.2 Å². The molecule has 1 atom stereocenters. The van der Waals surface area contributed by atoms with E-state index in [1.807, 2.05) is 105 Å². The minimum Gasteiger partial charge on any atom is -0.325 e. The third-order valence-corrected chi connectivity index (χ3v) is 6.33. The van der Waals surface area contributed by atoms with E-state index < -0.39 is 5.92 Å². The number of para-hydroxylation sites is 1. The molecule has 36 heavy (non-hydrogen) atoms. The number of carbonyl (C=O) groups excluding carboxylic acids is 2. The normalized spacial score (nSPS) is 15.2. The number of nitrogens with one attached hydrogen (secondary N) is 1. The van der Waals surface area contributed by atoms with E-state index in [0.29, 0.717) is 12.3 Å². The van der Waals surface area contributed by atoms with Crippen molar-refractivity contribution in [1.82, 2.24) is 9.80 Å². The molecule has 186 valence electrons. The average molecular weight is 484 g/mol. The van der Waals surface area contributed by atoms with E-state index >= 15 is 0 Å². The van der Waals surface area contributed by atoms with Crippen LogP contribution in [0.5, 0.6) is 0 Å². The molecule has 3 aromatic rings. The first-order valence-electron chi connectivity index (χ1n) is 12.1. The molecule has 1 aliphatic heterocycles. The van der Waals surface area contributed by atoms with Gasteiger partial charge in [-0.3, -0.25) is 19.5 Å². The van der Waals surface area contributed by atoms with Gasteiger partial charge in [0.15, 0.2) is 0 Å². The zero-order chi connectivity index (χ0) is 25.7. The highest BCUT2D eigenvalue weighted by Gasteiger charge is 2.35. The molecule has 0 saturated heterocycles. The molecule has 0 fully saturated rings. The number of amides is 2. The largest absolute Gasteiger partial charge is 0.325 e. The fourth-order valence-electron chi connectivity index (χ4n) is 4.21. The molecule has 2 amide bonds. The van der Waals surface area contributed by atoms with Crippen molar-refractivity contribution in [2.24, 2.45) is 4.99 Å². The lowest BCUT2D eigenvalue weighted by atomic mass is 9.90. The number of benzene rings is 3. The van der Waals surface area contributed by atoms with Crippen LogP contribution in [0, 0.1) is 0 Å². The molecule has 7 heteroatoms. The zero-order valence-corrected chi connectivity index (χ0v) is 21.3. The number of likely N-dealkylation sites (N-methyl/N-ethyl adjacent to an activating group) is 3. The number of rotatable bonds is 9. The predicted octanol–water partition coefficient (Wildman–Crippen LogP) is 4.00. The zero-order valence-electron chi connectivity index (χ0n) is 21.3. The number of aliphatic imine (C=N–C) groups is 1. The molecule has 0 aromatic heterocycles. The quantitative estimate of drug-likeness (QED) is 0.467. The third kappa shape index (κ3) is 5.87. The highest BCUT2D eigenvalue weighted by Crippen LogP contribution is 2.36. The first-order valence-corrected chi connectivity index (χ1v) is 12.1. The summed E-state index contributed by atoms with van der Waals surface area (Å²) in [5.74, 6) is -0.555. The molecular formula is C29H33N5O2. The second-order valence-electron chi connectivity index (χ2n) is 9.38. The van der Waals surface area contributed by atoms with Gasteiger partial charge in [0.05, 0.1) is 17.9 Å². The van der Waals surface area contributed by atoms with Crippen molar-refractivity contribution in [3.63, 3.8) is 0 Å². The van der Waals surface area contributed by atoms with Crippen LogP contribution in [0.4, 0.5) is 17.1 Å².